The fourth-order valence-electron chi connectivity index (χ4n) is 1.27. The van der Waals surface area contributed by atoms with Crippen LogP contribution in [0.25, 0.3) is 0 Å². The second kappa shape index (κ2) is 6.30. The van der Waals surface area contributed by atoms with Crippen molar-refractivity contribution in [1.29, 1.82) is 5.26 Å². The standard InChI is InChI=1S/C11H7BrF3NO2S/c1-18-10(17)4-6-2-8(12)7(5-16)3-9(6)19-11(13,14)15/h2-3H,4H2,1H3. The minimum Gasteiger partial charge on any atom is -0.469 e. The number of carbonyl (C=O) groups excluding carboxylic acids is 1. The summed E-state index contributed by atoms with van der Waals surface area (Å²) < 4.78 is 42.0. The van der Waals surface area contributed by atoms with Crippen LogP contribution in [0.4, 0.5) is 13.2 Å². The fourth-order valence-corrected chi connectivity index (χ4v) is 2.43. The molecule has 0 unspecified atom stereocenters. The monoisotopic (exact) mass is 353 g/mol. The number of ether oxygens (including phenoxy) is 1. The van der Waals surface area contributed by atoms with Gasteiger partial charge >= 0.3 is 11.5 Å². The molecule has 1 aromatic rings. The summed E-state index contributed by atoms with van der Waals surface area (Å²) in [6.07, 6.45) is -0.292. The molecule has 0 N–H and O–H groups in total. The van der Waals surface area contributed by atoms with E-state index in [9.17, 15) is 18.0 Å². The molecule has 0 atom stereocenters. The molecule has 0 aliphatic carbocycles. The summed E-state index contributed by atoms with van der Waals surface area (Å²) in [5.74, 6) is -0.652. The Labute approximate surface area is 119 Å². The molecular formula is C11H7BrF3NO2S. The van der Waals surface area contributed by atoms with Gasteiger partial charge in [-0.2, -0.15) is 18.4 Å². The zero-order valence-corrected chi connectivity index (χ0v) is 11.9. The summed E-state index contributed by atoms with van der Waals surface area (Å²) in [7, 11) is 1.15. The maximum absolute atomic E-state index is 12.4. The minimum atomic E-state index is -4.49. The Morgan fingerprint density at radius 3 is 2.63 bits per heavy atom. The molecule has 0 radical (unpaired) electrons. The molecule has 0 aromatic heterocycles. The van der Waals surface area contributed by atoms with Gasteiger partial charge in [0, 0.05) is 9.37 Å². The van der Waals surface area contributed by atoms with E-state index in [0.29, 0.717) is 4.47 Å². The molecular weight excluding hydrogens is 347 g/mol. The van der Waals surface area contributed by atoms with Crippen LogP contribution >= 0.6 is 27.7 Å². The van der Waals surface area contributed by atoms with E-state index < -0.39 is 11.5 Å². The highest BCUT2D eigenvalue weighted by atomic mass is 79.9. The molecule has 19 heavy (non-hydrogen) atoms. The summed E-state index contributed by atoms with van der Waals surface area (Å²) in [5.41, 5.74) is -4.27. The van der Waals surface area contributed by atoms with Gasteiger partial charge in [0.05, 0.1) is 19.1 Å². The lowest BCUT2D eigenvalue weighted by Gasteiger charge is -2.12. The molecule has 8 heteroatoms. The van der Waals surface area contributed by atoms with Gasteiger partial charge in [0.25, 0.3) is 0 Å². The maximum atomic E-state index is 12.4. The average Bonchev–Trinajstić information content (AvgIpc) is 2.30. The normalized spacial score (nSPS) is 10.9. The van der Waals surface area contributed by atoms with Crippen LogP contribution < -0.4 is 0 Å². The third-order valence-electron chi connectivity index (χ3n) is 2.06. The van der Waals surface area contributed by atoms with Gasteiger partial charge in [-0.15, -0.1) is 0 Å². The summed E-state index contributed by atoms with van der Waals surface area (Å²) in [4.78, 5) is 11.0. The van der Waals surface area contributed by atoms with Crippen LogP contribution in [0.1, 0.15) is 11.1 Å². The van der Waals surface area contributed by atoms with Crippen LogP contribution in [-0.4, -0.2) is 18.6 Å². The van der Waals surface area contributed by atoms with E-state index in [1.54, 1.807) is 6.07 Å². The molecule has 1 rings (SSSR count). The number of hydrogen-bond donors (Lipinski definition) is 0. The first-order valence-electron chi connectivity index (χ1n) is 4.82. The SMILES string of the molecule is COC(=O)Cc1cc(Br)c(C#N)cc1SC(F)(F)F. The Balaban J connectivity index is 3.23. The number of methoxy groups -OCH3 is 1. The van der Waals surface area contributed by atoms with Crippen LogP contribution in [0, 0.1) is 11.3 Å². The van der Waals surface area contributed by atoms with Gasteiger partial charge in [0.15, 0.2) is 0 Å². The summed E-state index contributed by atoms with van der Waals surface area (Å²) in [5, 5.41) is 8.80. The lowest BCUT2D eigenvalue weighted by molar-refractivity contribution is -0.139. The van der Waals surface area contributed by atoms with Crippen molar-refractivity contribution in [1.82, 2.24) is 0 Å². The van der Waals surface area contributed by atoms with E-state index in [0.717, 1.165) is 13.2 Å². The van der Waals surface area contributed by atoms with E-state index in [4.69, 9.17) is 5.26 Å². The first-order chi connectivity index (χ1) is 8.76. The van der Waals surface area contributed by atoms with Crippen LogP contribution in [-0.2, 0) is 16.0 Å². The largest absolute Gasteiger partial charge is 0.469 e. The van der Waals surface area contributed by atoms with Crippen LogP contribution in [0.2, 0.25) is 0 Å². The van der Waals surface area contributed by atoms with Crippen molar-refractivity contribution in [2.75, 3.05) is 7.11 Å². The number of esters is 1. The highest BCUT2D eigenvalue weighted by molar-refractivity contribution is 9.10. The quantitative estimate of drug-likeness (QED) is 0.614. The third kappa shape index (κ3) is 4.76. The molecule has 0 fully saturated rings. The smallest absolute Gasteiger partial charge is 0.446 e. The Hall–Kier alpha value is -1.20. The highest BCUT2D eigenvalue weighted by Crippen LogP contribution is 2.40. The molecule has 0 heterocycles. The highest BCUT2D eigenvalue weighted by Gasteiger charge is 2.31. The molecule has 0 saturated heterocycles. The molecule has 0 bridgehead atoms. The van der Waals surface area contributed by atoms with Gasteiger partial charge in [0.1, 0.15) is 6.07 Å². The Bertz CT molecular complexity index is 540. The number of rotatable bonds is 3. The first kappa shape index (κ1) is 15.9. The number of nitrogens with zero attached hydrogens (tertiary/aromatic N) is 1. The van der Waals surface area contributed by atoms with Crippen molar-refractivity contribution in [3.05, 3.63) is 27.7 Å². The van der Waals surface area contributed by atoms with E-state index >= 15 is 0 Å². The van der Waals surface area contributed by atoms with Crippen LogP contribution in [0.15, 0.2) is 21.5 Å². The topological polar surface area (TPSA) is 50.1 Å². The van der Waals surface area contributed by atoms with Crippen molar-refractivity contribution >= 4 is 33.7 Å². The van der Waals surface area contributed by atoms with E-state index in [2.05, 4.69) is 20.7 Å². The summed E-state index contributed by atoms with van der Waals surface area (Å²) in [6, 6.07) is 4.19. The van der Waals surface area contributed by atoms with Crippen molar-refractivity contribution < 1.29 is 22.7 Å². The summed E-state index contributed by atoms with van der Waals surface area (Å²) in [6.45, 7) is 0. The van der Waals surface area contributed by atoms with Gasteiger partial charge in [-0.1, -0.05) is 0 Å². The minimum absolute atomic E-state index is 0.0698. The zero-order chi connectivity index (χ0) is 14.6. The molecule has 3 nitrogen and oxygen atoms in total. The predicted molar refractivity (Wildman–Crippen MR) is 66.5 cm³/mol. The lowest BCUT2D eigenvalue weighted by Crippen LogP contribution is -2.08. The van der Waals surface area contributed by atoms with E-state index in [1.807, 2.05) is 0 Å². The number of benzene rings is 1. The third-order valence-corrected chi connectivity index (χ3v) is 3.55. The number of halogens is 4. The van der Waals surface area contributed by atoms with E-state index in [-0.39, 0.29) is 34.2 Å². The summed E-state index contributed by atoms with van der Waals surface area (Å²) >= 11 is 2.71. The molecule has 0 spiro atoms. The Morgan fingerprint density at radius 2 is 2.16 bits per heavy atom. The van der Waals surface area contributed by atoms with Crippen molar-refractivity contribution in [3.63, 3.8) is 0 Å². The van der Waals surface area contributed by atoms with Crippen molar-refractivity contribution in [2.45, 2.75) is 16.8 Å². The first-order valence-corrected chi connectivity index (χ1v) is 6.43. The molecule has 102 valence electrons. The predicted octanol–water partition coefficient (Wildman–Crippen LogP) is 3.65. The molecule has 0 saturated carbocycles. The number of hydrogen-bond acceptors (Lipinski definition) is 4. The number of nitriles is 1. The Kier molecular flexibility index (Phi) is 5.26. The molecule has 0 amide bonds. The van der Waals surface area contributed by atoms with E-state index in [1.165, 1.54) is 6.07 Å². The second-order valence-electron chi connectivity index (χ2n) is 3.35. The maximum Gasteiger partial charge on any atom is 0.446 e. The number of thioether (sulfide) groups is 1. The number of alkyl halides is 3. The van der Waals surface area contributed by atoms with Crippen LogP contribution in [0.5, 0.6) is 0 Å². The van der Waals surface area contributed by atoms with Gasteiger partial charge in [-0.3, -0.25) is 4.79 Å². The van der Waals surface area contributed by atoms with Crippen LogP contribution in [0.3, 0.4) is 0 Å². The van der Waals surface area contributed by atoms with Gasteiger partial charge < -0.3 is 4.74 Å². The fraction of sp³-hybridized carbons (Fsp3) is 0.273. The van der Waals surface area contributed by atoms with Gasteiger partial charge in [-0.25, -0.2) is 0 Å². The van der Waals surface area contributed by atoms with Crippen molar-refractivity contribution in [3.8, 4) is 6.07 Å². The average molecular weight is 354 g/mol. The molecule has 0 aliphatic rings. The molecule has 1 aromatic carbocycles. The zero-order valence-electron chi connectivity index (χ0n) is 9.55. The van der Waals surface area contributed by atoms with Crippen molar-refractivity contribution in [2.24, 2.45) is 0 Å². The molecule has 0 aliphatic heterocycles. The van der Waals surface area contributed by atoms with Gasteiger partial charge in [0.2, 0.25) is 0 Å². The second-order valence-corrected chi connectivity index (χ2v) is 5.31. The lowest BCUT2D eigenvalue weighted by atomic mass is 10.1. The Morgan fingerprint density at radius 1 is 1.53 bits per heavy atom. The number of carbonyl (C=O) groups is 1. The van der Waals surface area contributed by atoms with Gasteiger partial charge in [-0.05, 0) is 45.4 Å².